The number of aromatic nitrogens is 2. The summed E-state index contributed by atoms with van der Waals surface area (Å²) in [6, 6.07) is 51.9. The largest absolute Gasteiger partial charge is 0.438 e. The molecule has 4 nitrogen and oxygen atoms in total. The molecule has 0 aliphatic carbocycles. The lowest BCUT2D eigenvalue weighted by molar-refractivity contribution is 0.654. The normalized spacial score (nSPS) is 11.6. The molecule has 9 rings (SSSR count). The molecule has 0 unspecified atom stereocenters. The summed E-state index contributed by atoms with van der Waals surface area (Å²) >= 11 is 0. The topological polar surface area (TPSA) is 34.2 Å². The maximum absolute atomic E-state index is 6.13. The highest BCUT2D eigenvalue weighted by molar-refractivity contribution is 6.11. The number of rotatable bonds is 5. The number of fused-ring (bicyclic) bond motifs is 6. The minimum absolute atomic E-state index is 0.674. The van der Waals surface area contributed by atoms with Gasteiger partial charge in [-0.15, -0.1) is 0 Å². The number of hydrogen-bond acceptors (Lipinski definition) is 3. The molecule has 224 valence electrons. The van der Waals surface area contributed by atoms with Crippen LogP contribution in [0.4, 0.5) is 17.1 Å². The predicted octanol–water partition coefficient (Wildman–Crippen LogP) is 11.8. The van der Waals surface area contributed by atoms with Crippen LogP contribution in [0.15, 0.2) is 156 Å². The molecule has 0 saturated carbocycles. The third kappa shape index (κ3) is 4.41. The lowest BCUT2D eigenvalue weighted by Gasteiger charge is -2.25. The van der Waals surface area contributed by atoms with Crippen LogP contribution in [0.25, 0.3) is 60.7 Å². The van der Waals surface area contributed by atoms with Gasteiger partial charge in [0.1, 0.15) is 5.58 Å². The highest BCUT2D eigenvalue weighted by atomic mass is 16.3. The third-order valence-electron chi connectivity index (χ3n) is 9.29. The number of anilines is 3. The van der Waals surface area contributed by atoms with E-state index in [1.54, 1.807) is 6.20 Å². The second-order valence-corrected chi connectivity index (χ2v) is 12.2. The summed E-state index contributed by atoms with van der Waals surface area (Å²) in [5.41, 5.74) is 13.2. The van der Waals surface area contributed by atoms with Crippen LogP contribution in [0.1, 0.15) is 11.1 Å². The van der Waals surface area contributed by atoms with Crippen LogP contribution < -0.4 is 4.90 Å². The zero-order valence-corrected chi connectivity index (χ0v) is 26.2. The zero-order chi connectivity index (χ0) is 31.5. The molecule has 3 aromatic heterocycles. The molecule has 0 aliphatic heterocycles. The fourth-order valence-corrected chi connectivity index (χ4v) is 7.09. The van der Waals surface area contributed by atoms with Crippen LogP contribution in [0.3, 0.4) is 0 Å². The van der Waals surface area contributed by atoms with Crippen LogP contribution in [-0.2, 0) is 0 Å². The van der Waals surface area contributed by atoms with Gasteiger partial charge in [0.25, 0.3) is 0 Å². The molecule has 6 aromatic carbocycles. The van der Waals surface area contributed by atoms with E-state index in [0.29, 0.717) is 5.71 Å². The van der Waals surface area contributed by atoms with E-state index in [9.17, 15) is 0 Å². The number of benzene rings is 6. The minimum atomic E-state index is 0.674. The standard InChI is InChI=1S/C43H31N3O/c1-28-25-41(29(2)24-37(28)30-19-21-35-36-17-11-23-44-43(36)47-42(35)26-30)46-39-18-10-9-16-34(39)38-27-33(20-22-40(38)46)45(31-12-5-3-6-13-31)32-14-7-4-8-15-32/h3-27H,1-2H3. The molecule has 0 spiro atoms. The van der Waals surface area contributed by atoms with Crippen LogP contribution >= 0.6 is 0 Å². The van der Waals surface area contributed by atoms with E-state index in [1.807, 2.05) is 6.07 Å². The van der Waals surface area contributed by atoms with Gasteiger partial charge in [0.2, 0.25) is 5.71 Å². The molecule has 47 heavy (non-hydrogen) atoms. The molecule has 0 bridgehead atoms. The van der Waals surface area contributed by atoms with Gasteiger partial charge in [-0.05, 0) is 121 Å². The van der Waals surface area contributed by atoms with Gasteiger partial charge in [-0.3, -0.25) is 0 Å². The highest BCUT2D eigenvalue weighted by Gasteiger charge is 2.19. The first-order valence-electron chi connectivity index (χ1n) is 16.0. The maximum Gasteiger partial charge on any atom is 0.227 e. The van der Waals surface area contributed by atoms with E-state index in [-0.39, 0.29) is 0 Å². The summed E-state index contributed by atoms with van der Waals surface area (Å²) in [6.07, 6.45) is 1.77. The number of aryl methyl sites for hydroxylation is 2. The van der Waals surface area contributed by atoms with Crippen LogP contribution in [-0.4, -0.2) is 9.55 Å². The van der Waals surface area contributed by atoms with Crippen molar-refractivity contribution in [2.24, 2.45) is 0 Å². The molecule has 0 aliphatic rings. The van der Waals surface area contributed by atoms with Crippen LogP contribution in [0.5, 0.6) is 0 Å². The second kappa shape index (κ2) is 10.7. The van der Waals surface area contributed by atoms with Crippen molar-refractivity contribution < 1.29 is 4.42 Å². The fraction of sp³-hybridized carbons (Fsp3) is 0.0465. The number of pyridine rings is 1. The first-order valence-corrected chi connectivity index (χ1v) is 16.0. The molecule has 0 atom stereocenters. The number of furan rings is 1. The van der Waals surface area contributed by atoms with Gasteiger partial charge in [0.05, 0.1) is 11.0 Å². The van der Waals surface area contributed by atoms with E-state index in [4.69, 9.17) is 4.42 Å². The van der Waals surface area contributed by atoms with Gasteiger partial charge in [0, 0.05) is 50.5 Å². The van der Waals surface area contributed by atoms with Crippen molar-refractivity contribution in [2.75, 3.05) is 4.90 Å². The van der Waals surface area contributed by atoms with E-state index in [2.05, 4.69) is 168 Å². The SMILES string of the molecule is Cc1cc(-n2c3ccccc3c3cc(N(c4ccccc4)c4ccccc4)ccc32)c(C)cc1-c1ccc2c(c1)oc1ncccc12. The van der Waals surface area contributed by atoms with Crippen molar-refractivity contribution in [3.63, 3.8) is 0 Å². The molecule has 3 heterocycles. The van der Waals surface area contributed by atoms with E-state index in [1.165, 1.54) is 44.2 Å². The second-order valence-electron chi connectivity index (χ2n) is 12.2. The Balaban J connectivity index is 1.20. The molecule has 0 amide bonds. The number of hydrogen-bond donors (Lipinski definition) is 0. The highest BCUT2D eigenvalue weighted by Crippen LogP contribution is 2.41. The molecule has 0 fully saturated rings. The van der Waals surface area contributed by atoms with Gasteiger partial charge in [-0.2, -0.15) is 0 Å². The summed E-state index contributed by atoms with van der Waals surface area (Å²) in [5.74, 6) is 0. The number of para-hydroxylation sites is 3. The van der Waals surface area contributed by atoms with Gasteiger partial charge < -0.3 is 13.9 Å². The molecular weight excluding hydrogens is 574 g/mol. The van der Waals surface area contributed by atoms with Crippen molar-refractivity contribution in [2.45, 2.75) is 13.8 Å². The predicted molar refractivity (Wildman–Crippen MR) is 195 cm³/mol. The third-order valence-corrected chi connectivity index (χ3v) is 9.29. The molecular formula is C43H31N3O. The maximum atomic E-state index is 6.13. The van der Waals surface area contributed by atoms with Gasteiger partial charge in [-0.1, -0.05) is 60.7 Å². The van der Waals surface area contributed by atoms with Gasteiger partial charge in [-0.25, -0.2) is 4.98 Å². The van der Waals surface area contributed by atoms with Crippen molar-refractivity contribution >= 4 is 60.9 Å². The van der Waals surface area contributed by atoms with Gasteiger partial charge >= 0.3 is 0 Å². The fourth-order valence-electron chi connectivity index (χ4n) is 7.09. The Kier molecular flexibility index (Phi) is 6.22. The average molecular weight is 606 g/mol. The number of nitrogens with zero attached hydrogens (tertiary/aromatic N) is 3. The zero-order valence-electron chi connectivity index (χ0n) is 26.2. The Morgan fingerprint density at radius 2 is 1.23 bits per heavy atom. The summed E-state index contributed by atoms with van der Waals surface area (Å²) in [5, 5.41) is 4.59. The average Bonchev–Trinajstić information content (AvgIpc) is 3.65. The Bertz CT molecular complexity index is 2560. The smallest absolute Gasteiger partial charge is 0.227 e. The summed E-state index contributed by atoms with van der Waals surface area (Å²) in [4.78, 5) is 6.74. The molecule has 0 N–H and O–H groups in total. The minimum Gasteiger partial charge on any atom is -0.438 e. The van der Waals surface area contributed by atoms with Gasteiger partial charge in [0.15, 0.2) is 0 Å². The molecule has 0 saturated heterocycles. The van der Waals surface area contributed by atoms with Crippen molar-refractivity contribution in [1.29, 1.82) is 0 Å². The Labute approximate surface area is 272 Å². The van der Waals surface area contributed by atoms with E-state index >= 15 is 0 Å². The summed E-state index contributed by atoms with van der Waals surface area (Å²) in [6.45, 7) is 4.41. The molecule has 9 aromatic rings. The van der Waals surface area contributed by atoms with Crippen molar-refractivity contribution in [3.8, 4) is 16.8 Å². The first kappa shape index (κ1) is 27.2. The Morgan fingerprint density at radius 3 is 2.02 bits per heavy atom. The van der Waals surface area contributed by atoms with Crippen LogP contribution in [0.2, 0.25) is 0 Å². The van der Waals surface area contributed by atoms with Crippen molar-refractivity contribution in [3.05, 3.63) is 163 Å². The molecule has 0 radical (unpaired) electrons. The summed E-state index contributed by atoms with van der Waals surface area (Å²) in [7, 11) is 0. The Morgan fingerprint density at radius 1 is 0.532 bits per heavy atom. The lowest BCUT2D eigenvalue weighted by Crippen LogP contribution is -2.09. The first-order chi connectivity index (χ1) is 23.1. The monoisotopic (exact) mass is 605 g/mol. The molecule has 4 heteroatoms. The summed E-state index contributed by atoms with van der Waals surface area (Å²) < 4.78 is 8.55. The quantitative estimate of drug-likeness (QED) is 0.196. The Hall–Kier alpha value is -6.13. The van der Waals surface area contributed by atoms with E-state index in [0.717, 1.165) is 39.0 Å². The lowest BCUT2D eigenvalue weighted by atomic mass is 9.96. The van der Waals surface area contributed by atoms with Crippen LogP contribution in [0, 0.1) is 13.8 Å². The van der Waals surface area contributed by atoms with E-state index < -0.39 is 0 Å². The van der Waals surface area contributed by atoms with Crippen molar-refractivity contribution in [1.82, 2.24) is 9.55 Å².